The highest BCUT2D eigenvalue weighted by Gasteiger charge is 2.19. The largest absolute Gasteiger partial charge is 0.381 e. The van der Waals surface area contributed by atoms with Crippen molar-refractivity contribution in [3.8, 4) is 0 Å². The molecule has 94 valence electrons. The Balaban J connectivity index is 1.81. The fraction of sp³-hybridized carbons (Fsp3) is 0.571. The summed E-state index contributed by atoms with van der Waals surface area (Å²) in [5.41, 5.74) is 2.57. The summed E-state index contributed by atoms with van der Waals surface area (Å²) in [5, 5.41) is 0.356. The van der Waals surface area contributed by atoms with Crippen LogP contribution in [0.5, 0.6) is 0 Å². The lowest BCUT2D eigenvalue weighted by Crippen LogP contribution is -2.26. The van der Waals surface area contributed by atoms with Crippen molar-refractivity contribution in [2.75, 3.05) is 19.0 Å². The molecule has 1 aliphatic heterocycles. The average molecular weight is 252 g/mol. The van der Waals surface area contributed by atoms with Gasteiger partial charge in [0.25, 0.3) is 0 Å². The van der Waals surface area contributed by atoms with Gasteiger partial charge in [0.05, 0.1) is 0 Å². The van der Waals surface area contributed by atoms with Gasteiger partial charge in [-0.3, -0.25) is 4.21 Å². The third-order valence-corrected chi connectivity index (χ3v) is 5.07. The van der Waals surface area contributed by atoms with E-state index in [4.69, 9.17) is 4.74 Å². The van der Waals surface area contributed by atoms with Crippen molar-refractivity contribution < 1.29 is 8.95 Å². The van der Waals surface area contributed by atoms with E-state index in [9.17, 15) is 4.21 Å². The number of benzene rings is 1. The van der Waals surface area contributed by atoms with E-state index in [1.165, 1.54) is 11.1 Å². The van der Waals surface area contributed by atoms with E-state index in [-0.39, 0.29) is 0 Å². The molecule has 2 nitrogen and oxygen atoms in total. The molecule has 1 heterocycles. The van der Waals surface area contributed by atoms with E-state index < -0.39 is 10.8 Å². The van der Waals surface area contributed by atoms with E-state index in [0.717, 1.165) is 38.2 Å². The highest BCUT2D eigenvalue weighted by atomic mass is 32.2. The molecule has 0 unspecified atom stereocenters. The van der Waals surface area contributed by atoms with Crippen molar-refractivity contribution in [2.24, 2.45) is 0 Å². The van der Waals surface area contributed by atoms with Gasteiger partial charge in [0.1, 0.15) is 0 Å². The van der Waals surface area contributed by atoms with Crippen LogP contribution in [0.25, 0.3) is 0 Å². The molecular weight excluding hydrogens is 232 g/mol. The van der Waals surface area contributed by atoms with Gasteiger partial charge in [0.15, 0.2) is 0 Å². The van der Waals surface area contributed by atoms with Crippen LogP contribution >= 0.6 is 0 Å². The molecule has 1 atom stereocenters. The van der Waals surface area contributed by atoms with Crippen LogP contribution in [-0.2, 0) is 22.0 Å². The first-order chi connectivity index (χ1) is 8.25. The van der Waals surface area contributed by atoms with Crippen LogP contribution in [0.15, 0.2) is 24.3 Å². The van der Waals surface area contributed by atoms with Crippen LogP contribution in [0.3, 0.4) is 0 Å². The predicted molar refractivity (Wildman–Crippen MR) is 71.7 cm³/mol. The molecule has 0 saturated carbocycles. The molecule has 0 aliphatic carbocycles. The molecular formula is C14H20O2S. The Morgan fingerprint density at radius 1 is 1.24 bits per heavy atom. The Labute approximate surface area is 106 Å². The van der Waals surface area contributed by atoms with Crippen molar-refractivity contribution in [1.82, 2.24) is 0 Å². The van der Waals surface area contributed by atoms with Crippen LogP contribution < -0.4 is 0 Å². The van der Waals surface area contributed by atoms with E-state index in [1.54, 1.807) is 0 Å². The van der Waals surface area contributed by atoms with Crippen molar-refractivity contribution in [1.29, 1.82) is 0 Å². The minimum atomic E-state index is -0.692. The van der Waals surface area contributed by atoms with Crippen LogP contribution in [0, 0.1) is 6.92 Å². The molecule has 1 saturated heterocycles. The second-order valence-electron chi connectivity index (χ2n) is 4.63. The summed E-state index contributed by atoms with van der Waals surface area (Å²) in [6.07, 6.45) is 2.84. The second kappa shape index (κ2) is 6.31. The quantitative estimate of drug-likeness (QED) is 0.823. The third-order valence-electron chi connectivity index (χ3n) is 3.25. The zero-order valence-corrected chi connectivity index (χ0v) is 11.2. The van der Waals surface area contributed by atoms with Gasteiger partial charge in [0, 0.05) is 35.0 Å². The summed E-state index contributed by atoms with van der Waals surface area (Å²) in [6.45, 7) is 3.64. The minimum Gasteiger partial charge on any atom is -0.381 e. The maximum Gasteiger partial charge on any atom is 0.0477 e. The molecule has 0 amide bonds. The van der Waals surface area contributed by atoms with E-state index >= 15 is 0 Å². The van der Waals surface area contributed by atoms with Crippen LogP contribution in [0.1, 0.15) is 24.0 Å². The summed E-state index contributed by atoms with van der Waals surface area (Å²) in [5.74, 6) is 0.785. The lowest BCUT2D eigenvalue weighted by atomic mass is 10.1. The van der Waals surface area contributed by atoms with Crippen molar-refractivity contribution in [3.63, 3.8) is 0 Å². The summed E-state index contributed by atoms with van der Waals surface area (Å²) in [7, 11) is -0.692. The van der Waals surface area contributed by atoms with Gasteiger partial charge in [-0.15, -0.1) is 0 Å². The molecule has 1 aromatic rings. The fourth-order valence-corrected chi connectivity index (χ4v) is 3.57. The SMILES string of the molecule is Cc1ccc(CC[S@@](=O)C2CCOCC2)cc1. The van der Waals surface area contributed by atoms with E-state index in [0.29, 0.717) is 5.25 Å². The molecule has 1 fully saturated rings. The number of aryl methyl sites for hydroxylation is 2. The Hall–Kier alpha value is -0.670. The minimum absolute atomic E-state index is 0.356. The molecule has 1 aromatic carbocycles. The molecule has 0 spiro atoms. The third kappa shape index (κ3) is 3.93. The van der Waals surface area contributed by atoms with Crippen molar-refractivity contribution in [3.05, 3.63) is 35.4 Å². The normalized spacial score (nSPS) is 19.1. The first-order valence-electron chi connectivity index (χ1n) is 6.26. The first kappa shape index (κ1) is 12.8. The topological polar surface area (TPSA) is 26.3 Å². The summed E-state index contributed by atoms with van der Waals surface area (Å²) in [6, 6.07) is 8.51. The monoisotopic (exact) mass is 252 g/mol. The fourth-order valence-electron chi connectivity index (χ4n) is 2.08. The lowest BCUT2D eigenvalue weighted by molar-refractivity contribution is 0.0992. The summed E-state index contributed by atoms with van der Waals surface area (Å²) >= 11 is 0. The molecule has 17 heavy (non-hydrogen) atoms. The van der Waals surface area contributed by atoms with E-state index in [1.807, 2.05) is 0 Å². The zero-order chi connectivity index (χ0) is 12.1. The van der Waals surface area contributed by atoms with Gasteiger partial charge in [0.2, 0.25) is 0 Å². The standard InChI is InChI=1S/C14H20O2S/c1-12-2-4-13(5-3-12)8-11-17(15)14-6-9-16-10-7-14/h2-5,14H,6-11H2,1H3/t17-/m1/s1. The van der Waals surface area contributed by atoms with Gasteiger partial charge in [-0.2, -0.15) is 0 Å². The molecule has 1 aliphatic rings. The van der Waals surface area contributed by atoms with Gasteiger partial charge in [-0.05, 0) is 31.7 Å². The number of rotatable bonds is 4. The Morgan fingerprint density at radius 3 is 2.53 bits per heavy atom. The molecule has 2 rings (SSSR count). The van der Waals surface area contributed by atoms with Crippen LogP contribution in [-0.4, -0.2) is 28.4 Å². The van der Waals surface area contributed by atoms with Crippen LogP contribution in [0.4, 0.5) is 0 Å². The summed E-state index contributed by atoms with van der Waals surface area (Å²) < 4.78 is 17.4. The smallest absolute Gasteiger partial charge is 0.0477 e. The number of ether oxygens (including phenoxy) is 1. The molecule has 0 N–H and O–H groups in total. The molecule has 0 radical (unpaired) electrons. The van der Waals surface area contributed by atoms with Gasteiger partial charge >= 0.3 is 0 Å². The van der Waals surface area contributed by atoms with Gasteiger partial charge < -0.3 is 4.74 Å². The lowest BCUT2D eigenvalue weighted by Gasteiger charge is -2.21. The highest BCUT2D eigenvalue weighted by Crippen LogP contribution is 2.14. The molecule has 0 bridgehead atoms. The Bertz CT molecular complexity index is 366. The van der Waals surface area contributed by atoms with Crippen molar-refractivity contribution >= 4 is 10.8 Å². The maximum absolute atomic E-state index is 12.1. The maximum atomic E-state index is 12.1. The first-order valence-corrected chi connectivity index (χ1v) is 7.64. The van der Waals surface area contributed by atoms with Crippen LogP contribution in [0.2, 0.25) is 0 Å². The predicted octanol–water partition coefficient (Wildman–Crippen LogP) is 2.47. The van der Waals surface area contributed by atoms with Gasteiger partial charge in [-0.1, -0.05) is 29.8 Å². The number of hydrogen-bond donors (Lipinski definition) is 0. The van der Waals surface area contributed by atoms with Gasteiger partial charge in [-0.25, -0.2) is 0 Å². The zero-order valence-electron chi connectivity index (χ0n) is 10.4. The van der Waals surface area contributed by atoms with Crippen molar-refractivity contribution in [2.45, 2.75) is 31.4 Å². The Kier molecular flexibility index (Phi) is 4.75. The summed E-state index contributed by atoms with van der Waals surface area (Å²) in [4.78, 5) is 0. The second-order valence-corrected chi connectivity index (χ2v) is 6.47. The van der Waals surface area contributed by atoms with E-state index in [2.05, 4.69) is 31.2 Å². The molecule has 3 heteroatoms. The average Bonchev–Trinajstić information content (AvgIpc) is 2.39. The Morgan fingerprint density at radius 2 is 1.88 bits per heavy atom. The number of hydrogen-bond acceptors (Lipinski definition) is 2. The highest BCUT2D eigenvalue weighted by molar-refractivity contribution is 7.85. The molecule has 0 aromatic heterocycles.